The Hall–Kier alpha value is -2.28. The van der Waals surface area contributed by atoms with Gasteiger partial charge in [0.15, 0.2) is 0 Å². The highest BCUT2D eigenvalue weighted by molar-refractivity contribution is 5.89. The molecule has 150 valence electrons. The molecule has 0 aliphatic heterocycles. The van der Waals surface area contributed by atoms with Crippen molar-refractivity contribution in [2.24, 2.45) is 0 Å². The van der Waals surface area contributed by atoms with E-state index in [0.717, 1.165) is 13.8 Å². The quantitative estimate of drug-likeness (QED) is 0.206. The maximum absolute atomic E-state index is 12.0. The lowest BCUT2D eigenvalue weighted by Gasteiger charge is -2.24. The second kappa shape index (κ2) is 12.1. The number of esters is 4. The zero-order valence-corrected chi connectivity index (χ0v) is 14.2. The molecule has 0 amide bonds. The topological polar surface area (TPSA) is 186 Å². The molecule has 0 aliphatic carbocycles. The number of aliphatic hydroxyl groups excluding tert-OH is 4. The number of carbonyl (C=O) groups is 4. The van der Waals surface area contributed by atoms with Gasteiger partial charge in [0.05, 0.1) is 13.2 Å². The van der Waals surface area contributed by atoms with E-state index in [-0.39, 0.29) is 0 Å². The Labute approximate surface area is 148 Å². The largest absolute Gasteiger partial charge is 0.460 e. The molecule has 0 rings (SSSR count). The Morgan fingerprint density at radius 3 is 1.27 bits per heavy atom. The first-order chi connectivity index (χ1) is 12.1. The summed E-state index contributed by atoms with van der Waals surface area (Å²) in [6.45, 7) is -0.987. The summed E-state index contributed by atoms with van der Waals surface area (Å²) in [5.41, 5.74) is 0. The summed E-state index contributed by atoms with van der Waals surface area (Å²) in [7, 11) is 0. The van der Waals surface area contributed by atoms with Gasteiger partial charge in [-0.05, 0) is 0 Å². The minimum absolute atomic E-state index is 0.682. The highest BCUT2D eigenvalue weighted by atomic mass is 16.6. The zero-order chi connectivity index (χ0) is 20.3. The van der Waals surface area contributed by atoms with Crippen molar-refractivity contribution in [2.45, 2.75) is 38.3 Å². The van der Waals surface area contributed by atoms with Crippen molar-refractivity contribution >= 4 is 23.9 Å². The molecule has 0 bridgehead atoms. The van der Waals surface area contributed by atoms with E-state index in [1.165, 1.54) is 0 Å². The number of hydrogen-bond acceptors (Lipinski definition) is 12. The molecule has 0 aromatic carbocycles. The van der Waals surface area contributed by atoms with E-state index >= 15 is 0 Å². The minimum Gasteiger partial charge on any atom is -0.460 e. The summed E-state index contributed by atoms with van der Waals surface area (Å²) in [6, 6.07) is 0. The van der Waals surface area contributed by atoms with Gasteiger partial charge in [-0.25, -0.2) is 9.59 Å². The lowest BCUT2D eigenvalue weighted by molar-refractivity contribution is -0.192. The smallest absolute Gasteiger partial charge is 0.352 e. The number of hydrogen-bond donors (Lipinski definition) is 4. The van der Waals surface area contributed by atoms with E-state index in [9.17, 15) is 29.4 Å². The van der Waals surface area contributed by atoms with Gasteiger partial charge in [-0.2, -0.15) is 0 Å². The number of rotatable bonds is 11. The summed E-state index contributed by atoms with van der Waals surface area (Å²) in [5.74, 6) is -4.73. The van der Waals surface area contributed by atoms with Gasteiger partial charge in [-0.15, -0.1) is 0 Å². The molecule has 0 aromatic rings. The van der Waals surface area contributed by atoms with Gasteiger partial charge < -0.3 is 39.4 Å². The summed E-state index contributed by atoms with van der Waals surface area (Å²) >= 11 is 0. The Morgan fingerprint density at radius 2 is 1.04 bits per heavy atom. The molecule has 26 heavy (non-hydrogen) atoms. The Balaban J connectivity index is 5.31. The molecule has 0 radical (unpaired) electrons. The van der Waals surface area contributed by atoms with Crippen molar-refractivity contribution in [1.29, 1.82) is 0 Å². The van der Waals surface area contributed by atoms with E-state index in [4.69, 9.17) is 10.2 Å². The fourth-order valence-corrected chi connectivity index (χ4v) is 1.45. The molecule has 0 heterocycles. The third kappa shape index (κ3) is 9.27. The van der Waals surface area contributed by atoms with Crippen molar-refractivity contribution in [1.82, 2.24) is 0 Å². The summed E-state index contributed by atoms with van der Waals surface area (Å²) in [6.07, 6.45) is -6.95. The van der Waals surface area contributed by atoms with Crippen LogP contribution in [-0.4, -0.2) is 95.1 Å². The number of carbonyl (C=O) groups excluding carboxylic acids is 4. The molecule has 4 unspecified atom stereocenters. The molecule has 4 atom stereocenters. The van der Waals surface area contributed by atoms with Crippen molar-refractivity contribution in [2.75, 3.05) is 26.4 Å². The van der Waals surface area contributed by atoms with Crippen LogP contribution in [0.5, 0.6) is 0 Å². The highest BCUT2D eigenvalue weighted by Gasteiger charge is 2.42. The molecule has 0 aromatic heterocycles. The van der Waals surface area contributed by atoms with Crippen LogP contribution in [0.15, 0.2) is 0 Å². The van der Waals surface area contributed by atoms with Crippen molar-refractivity contribution in [3.63, 3.8) is 0 Å². The molecule has 0 aliphatic rings. The predicted octanol–water partition coefficient (Wildman–Crippen LogP) is -3.36. The highest BCUT2D eigenvalue weighted by Crippen LogP contribution is 2.11. The standard InChI is InChI=1S/C14H22O12/c1-7(17)25-11(13(21)23-5-9(19)3-15)12(26-8(2)18)14(22)24-6-10(20)4-16/h9-12,15-16,19-20H,3-6H2,1-2H3. The lowest BCUT2D eigenvalue weighted by Crippen LogP contribution is -2.48. The monoisotopic (exact) mass is 382 g/mol. The van der Waals surface area contributed by atoms with Gasteiger partial charge >= 0.3 is 23.9 Å². The molecule has 12 heteroatoms. The predicted molar refractivity (Wildman–Crippen MR) is 79.2 cm³/mol. The van der Waals surface area contributed by atoms with E-state index in [2.05, 4.69) is 18.9 Å². The van der Waals surface area contributed by atoms with Gasteiger partial charge in [0.1, 0.15) is 25.4 Å². The maximum atomic E-state index is 12.0. The van der Waals surface area contributed by atoms with Gasteiger partial charge in [0, 0.05) is 13.8 Å². The van der Waals surface area contributed by atoms with Gasteiger partial charge in [-0.3, -0.25) is 9.59 Å². The molecule has 0 saturated heterocycles. The SMILES string of the molecule is CC(=O)OC(C(=O)OCC(O)CO)C(OC(C)=O)C(=O)OCC(O)CO. The van der Waals surface area contributed by atoms with Crippen LogP contribution in [0.4, 0.5) is 0 Å². The van der Waals surface area contributed by atoms with Crippen molar-refractivity contribution in [3.8, 4) is 0 Å². The van der Waals surface area contributed by atoms with Crippen LogP contribution in [-0.2, 0) is 38.1 Å². The fourth-order valence-electron chi connectivity index (χ4n) is 1.45. The average molecular weight is 382 g/mol. The first kappa shape index (κ1) is 23.7. The second-order valence-corrected chi connectivity index (χ2v) is 4.99. The van der Waals surface area contributed by atoms with Crippen LogP contribution >= 0.6 is 0 Å². The van der Waals surface area contributed by atoms with Crippen LogP contribution in [0.1, 0.15) is 13.8 Å². The Kier molecular flexibility index (Phi) is 11.1. The fraction of sp³-hybridized carbons (Fsp3) is 0.714. The molecule has 0 saturated carbocycles. The third-order valence-electron chi connectivity index (χ3n) is 2.58. The van der Waals surface area contributed by atoms with E-state index < -0.39 is 74.7 Å². The van der Waals surface area contributed by atoms with Gasteiger partial charge in [0.25, 0.3) is 0 Å². The molecular formula is C14H22O12. The van der Waals surface area contributed by atoms with E-state index in [0.29, 0.717) is 0 Å². The van der Waals surface area contributed by atoms with Gasteiger partial charge in [0.2, 0.25) is 12.2 Å². The van der Waals surface area contributed by atoms with Crippen molar-refractivity contribution in [3.05, 3.63) is 0 Å². The molecule has 0 spiro atoms. The average Bonchev–Trinajstić information content (AvgIpc) is 2.59. The number of ether oxygens (including phenoxy) is 4. The second-order valence-electron chi connectivity index (χ2n) is 4.99. The molecular weight excluding hydrogens is 360 g/mol. The normalized spacial score (nSPS) is 15.2. The van der Waals surface area contributed by atoms with Crippen LogP contribution in [0.3, 0.4) is 0 Å². The van der Waals surface area contributed by atoms with Crippen molar-refractivity contribution < 1.29 is 58.6 Å². The molecule has 12 nitrogen and oxygen atoms in total. The van der Waals surface area contributed by atoms with Gasteiger partial charge in [-0.1, -0.05) is 0 Å². The third-order valence-corrected chi connectivity index (χ3v) is 2.58. The van der Waals surface area contributed by atoms with Crippen LogP contribution in [0.2, 0.25) is 0 Å². The summed E-state index contributed by atoms with van der Waals surface area (Å²) in [4.78, 5) is 46.5. The molecule has 0 fully saturated rings. The Bertz CT molecular complexity index is 446. The number of aliphatic hydroxyl groups is 4. The van der Waals surface area contributed by atoms with E-state index in [1.807, 2.05) is 0 Å². The van der Waals surface area contributed by atoms with Crippen LogP contribution < -0.4 is 0 Å². The first-order valence-corrected chi connectivity index (χ1v) is 7.37. The zero-order valence-electron chi connectivity index (χ0n) is 14.2. The molecule has 4 N–H and O–H groups in total. The first-order valence-electron chi connectivity index (χ1n) is 7.37. The Morgan fingerprint density at radius 1 is 0.731 bits per heavy atom. The van der Waals surface area contributed by atoms with Crippen LogP contribution in [0.25, 0.3) is 0 Å². The van der Waals surface area contributed by atoms with Crippen LogP contribution in [0, 0.1) is 0 Å². The summed E-state index contributed by atoms with van der Waals surface area (Å²) in [5, 5.41) is 35.7. The maximum Gasteiger partial charge on any atom is 0.352 e. The lowest BCUT2D eigenvalue weighted by atomic mass is 10.2. The minimum atomic E-state index is -2.05. The van der Waals surface area contributed by atoms with E-state index in [1.54, 1.807) is 0 Å². The summed E-state index contributed by atoms with van der Waals surface area (Å²) < 4.78 is 18.5.